The third kappa shape index (κ3) is 7.25. The second kappa shape index (κ2) is 12.9. The Morgan fingerprint density at radius 1 is 0.828 bits per heavy atom. The van der Waals surface area contributed by atoms with Crippen molar-refractivity contribution < 1.29 is 4.74 Å². The first-order valence-corrected chi connectivity index (χ1v) is 9.85. The molecule has 0 aliphatic carbocycles. The summed E-state index contributed by atoms with van der Waals surface area (Å²) < 4.78 is 5.72. The van der Waals surface area contributed by atoms with Crippen LogP contribution in [0, 0.1) is 5.41 Å². The number of nitrogens with zero attached hydrogens (tertiary/aromatic N) is 2. The van der Waals surface area contributed by atoms with Crippen LogP contribution in [0.25, 0.3) is 0 Å². The summed E-state index contributed by atoms with van der Waals surface area (Å²) in [6.07, 6.45) is 3.91. The zero-order chi connectivity index (χ0) is 21.6. The summed E-state index contributed by atoms with van der Waals surface area (Å²) in [5.41, 5.74) is 12.8. The number of ether oxygens (including phenoxy) is 1. The Bertz CT molecular complexity index is 842. The molecule has 154 valence electrons. The topological polar surface area (TPSA) is 111 Å². The molecular weight excluding hydrogens is 362 g/mol. The van der Waals surface area contributed by atoms with Gasteiger partial charge in [-0.25, -0.2) is 9.97 Å². The Hall–Kier alpha value is -3.41. The Kier molecular flexibility index (Phi) is 10.5. The molecule has 0 fully saturated rings. The van der Waals surface area contributed by atoms with E-state index in [-0.39, 0.29) is 17.3 Å². The van der Waals surface area contributed by atoms with Gasteiger partial charge in [-0.05, 0) is 36.4 Å². The van der Waals surface area contributed by atoms with E-state index in [1.165, 1.54) is 19.2 Å². The Morgan fingerprint density at radius 2 is 1.31 bits per heavy atom. The van der Waals surface area contributed by atoms with Crippen LogP contribution >= 0.6 is 0 Å². The maximum atomic E-state index is 8.26. The average Bonchev–Trinajstić information content (AvgIpc) is 2.76. The summed E-state index contributed by atoms with van der Waals surface area (Å²) in [5, 5.41) is 8.26. The van der Waals surface area contributed by atoms with Crippen LogP contribution in [0.4, 0.5) is 11.6 Å². The van der Waals surface area contributed by atoms with E-state index < -0.39 is 0 Å². The van der Waals surface area contributed by atoms with Crippen molar-refractivity contribution in [1.82, 2.24) is 9.97 Å². The third-order valence-electron chi connectivity index (χ3n) is 3.78. The summed E-state index contributed by atoms with van der Waals surface area (Å²) >= 11 is 0. The second-order valence-electron chi connectivity index (χ2n) is 5.83. The lowest BCUT2D eigenvalue weighted by atomic mass is 10.0. The van der Waals surface area contributed by atoms with Gasteiger partial charge in [-0.1, -0.05) is 58.7 Å². The van der Waals surface area contributed by atoms with Crippen LogP contribution < -0.4 is 16.2 Å². The Morgan fingerprint density at radius 3 is 1.79 bits per heavy atom. The number of nitrogens with two attached hydrogens (primary N) is 2. The van der Waals surface area contributed by atoms with E-state index >= 15 is 0 Å². The molecule has 0 spiro atoms. The Labute approximate surface area is 173 Å². The predicted octanol–water partition coefficient (Wildman–Crippen LogP) is 5.68. The molecule has 0 atom stereocenters. The second-order valence-corrected chi connectivity index (χ2v) is 5.83. The lowest BCUT2D eigenvalue weighted by molar-refractivity contribution is 0.482. The SMILES string of the molecule is CC.CCCC.N=C(c1ccc(Oc2ccccc2)cc1)c1c(N)ncnc1N. The van der Waals surface area contributed by atoms with Crippen LogP contribution in [-0.2, 0) is 0 Å². The zero-order valence-corrected chi connectivity index (χ0v) is 17.6. The van der Waals surface area contributed by atoms with E-state index in [0.717, 1.165) is 5.75 Å². The molecule has 3 aromatic rings. The maximum Gasteiger partial charge on any atom is 0.138 e. The number of aromatic nitrogens is 2. The highest BCUT2D eigenvalue weighted by Crippen LogP contribution is 2.24. The summed E-state index contributed by atoms with van der Waals surface area (Å²) in [6.45, 7) is 8.36. The van der Waals surface area contributed by atoms with Crippen LogP contribution in [0.3, 0.4) is 0 Å². The molecule has 0 bridgehead atoms. The molecule has 29 heavy (non-hydrogen) atoms. The highest BCUT2D eigenvalue weighted by atomic mass is 16.5. The van der Waals surface area contributed by atoms with Gasteiger partial charge in [0.1, 0.15) is 29.5 Å². The molecule has 0 saturated heterocycles. The number of anilines is 2. The molecule has 0 radical (unpaired) electrons. The molecule has 0 amide bonds. The largest absolute Gasteiger partial charge is 0.457 e. The molecule has 0 unspecified atom stereocenters. The van der Waals surface area contributed by atoms with Crippen molar-refractivity contribution in [3.05, 3.63) is 72.1 Å². The van der Waals surface area contributed by atoms with Crippen molar-refractivity contribution in [2.75, 3.05) is 11.5 Å². The van der Waals surface area contributed by atoms with Gasteiger partial charge in [0, 0.05) is 5.56 Å². The predicted molar refractivity (Wildman–Crippen MR) is 122 cm³/mol. The van der Waals surface area contributed by atoms with Crippen LogP contribution in [0.15, 0.2) is 60.9 Å². The average molecular weight is 394 g/mol. The smallest absolute Gasteiger partial charge is 0.138 e. The maximum absolute atomic E-state index is 8.26. The van der Waals surface area contributed by atoms with Gasteiger partial charge in [-0.3, -0.25) is 5.41 Å². The summed E-state index contributed by atoms with van der Waals surface area (Å²) in [5.74, 6) is 1.80. The van der Waals surface area contributed by atoms with Crippen LogP contribution in [-0.4, -0.2) is 15.7 Å². The van der Waals surface area contributed by atoms with Gasteiger partial charge in [0.25, 0.3) is 0 Å². The fourth-order valence-electron chi connectivity index (χ4n) is 2.13. The number of nitrogens with one attached hydrogen (secondary N) is 1. The van der Waals surface area contributed by atoms with Crippen LogP contribution in [0.5, 0.6) is 11.5 Å². The molecule has 0 aliphatic heterocycles. The zero-order valence-electron chi connectivity index (χ0n) is 17.6. The first-order chi connectivity index (χ1) is 14.1. The Balaban J connectivity index is 0.000000627. The molecule has 1 aromatic heterocycles. The molecule has 5 N–H and O–H groups in total. The number of unbranched alkanes of at least 4 members (excludes halogenated alkanes) is 1. The third-order valence-corrected chi connectivity index (χ3v) is 3.78. The van der Waals surface area contributed by atoms with E-state index in [1.807, 2.05) is 44.2 Å². The summed E-state index contributed by atoms with van der Waals surface area (Å²) in [4.78, 5) is 7.76. The standard InChI is InChI=1S/C17H15N5O.C4H10.C2H6/c18-15(14-16(19)21-10-22-17(14)20)11-6-8-13(9-7-11)23-12-4-2-1-3-5-12;1-3-4-2;1-2/h1-10,18H,(H4,19,20,21,22);3-4H2,1-2H3;1-2H3. The molecular formula is C23H31N5O. The normalized spacial score (nSPS) is 9.38. The number of para-hydroxylation sites is 1. The van der Waals surface area contributed by atoms with E-state index in [0.29, 0.717) is 16.9 Å². The quantitative estimate of drug-likeness (QED) is 0.483. The lowest BCUT2D eigenvalue weighted by Gasteiger charge is -2.10. The minimum Gasteiger partial charge on any atom is -0.457 e. The molecule has 0 saturated carbocycles. The monoisotopic (exact) mass is 393 g/mol. The summed E-state index contributed by atoms with van der Waals surface area (Å²) in [7, 11) is 0. The van der Waals surface area contributed by atoms with Crippen molar-refractivity contribution in [3.8, 4) is 11.5 Å². The fourth-order valence-corrected chi connectivity index (χ4v) is 2.13. The number of rotatable bonds is 5. The van der Waals surface area contributed by atoms with Crippen molar-refractivity contribution in [1.29, 1.82) is 5.41 Å². The molecule has 6 heteroatoms. The molecule has 3 rings (SSSR count). The van der Waals surface area contributed by atoms with Crippen molar-refractivity contribution >= 4 is 17.3 Å². The van der Waals surface area contributed by atoms with Gasteiger partial charge in [0.2, 0.25) is 0 Å². The molecule has 0 aliphatic rings. The number of nitrogen functional groups attached to an aromatic ring is 2. The fraction of sp³-hybridized carbons (Fsp3) is 0.261. The highest BCUT2D eigenvalue weighted by molar-refractivity contribution is 6.15. The van der Waals surface area contributed by atoms with E-state index in [1.54, 1.807) is 24.3 Å². The van der Waals surface area contributed by atoms with Gasteiger partial charge in [-0.2, -0.15) is 0 Å². The lowest BCUT2D eigenvalue weighted by Crippen LogP contribution is -2.11. The first kappa shape index (κ1) is 23.6. The van der Waals surface area contributed by atoms with Crippen molar-refractivity contribution in [2.24, 2.45) is 0 Å². The van der Waals surface area contributed by atoms with Gasteiger partial charge >= 0.3 is 0 Å². The minimum atomic E-state index is 0.173. The van der Waals surface area contributed by atoms with Crippen molar-refractivity contribution in [3.63, 3.8) is 0 Å². The van der Waals surface area contributed by atoms with Gasteiger partial charge in [0.15, 0.2) is 0 Å². The number of benzene rings is 2. The van der Waals surface area contributed by atoms with Gasteiger partial charge < -0.3 is 16.2 Å². The van der Waals surface area contributed by atoms with Crippen molar-refractivity contribution in [2.45, 2.75) is 40.5 Å². The van der Waals surface area contributed by atoms with Gasteiger partial charge in [0.05, 0.1) is 11.3 Å². The minimum absolute atomic E-state index is 0.173. The number of hydrogen-bond acceptors (Lipinski definition) is 6. The van der Waals surface area contributed by atoms with Gasteiger partial charge in [-0.15, -0.1) is 0 Å². The summed E-state index contributed by atoms with van der Waals surface area (Å²) in [6, 6.07) is 16.6. The molecule has 1 heterocycles. The van der Waals surface area contributed by atoms with E-state index in [2.05, 4.69) is 23.8 Å². The van der Waals surface area contributed by atoms with Crippen LogP contribution in [0.2, 0.25) is 0 Å². The van der Waals surface area contributed by atoms with E-state index in [9.17, 15) is 0 Å². The number of hydrogen-bond donors (Lipinski definition) is 3. The molecule has 2 aromatic carbocycles. The highest BCUT2D eigenvalue weighted by Gasteiger charge is 2.14. The first-order valence-electron chi connectivity index (χ1n) is 9.85. The van der Waals surface area contributed by atoms with E-state index in [4.69, 9.17) is 21.6 Å². The molecule has 6 nitrogen and oxygen atoms in total. The van der Waals surface area contributed by atoms with Crippen LogP contribution in [0.1, 0.15) is 51.7 Å².